The highest BCUT2D eigenvalue weighted by Crippen LogP contribution is 2.30. The van der Waals surface area contributed by atoms with Gasteiger partial charge < -0.3 is 10.1 Å². The first-order valence-corrected chi connectivity index (χ1v) is 6.37. The smallest absolute Gasteiger partial charge is 0.300 e. The summed E-state index contributed by atoms with van der Waals surface area (Å²) in [6.45, 7) is 3.41. The van der Waals surface area contributed by atoms with Gasteiger partial charge in [-0.2, -0.15) is 0 Å². The fourth-order valence-corrected chi connectivity index (χ4v) is 2.40. The van der Waals surface area contributed by atoms with Gasteiger partial charge in [0, 0.05) is 19.2 Å². The molecule has 106 valence electrons. The van der Waals surface area contributed by atoms with Crippen molar-refractivity contribution >= 4 is 22.4 Å². The van der Waals surface area contributed by atoms with Crippen LogP contribution >= 0.6 is 0 Å². The molecule has 3 rings (SSSR count). The first-order valence-electron chi connectivity index (χ1n) is 6.37. The van der Waals surface area contributed by atoms with Crippen LogP contribution in [0.5, 0.6) is 0 Å². The van der Waals surface area contributed by atoms with Crippen LogP contribution in [0.2, 0.25) is 0 Å². The number of nitro benzene ring substituents is 1. The number of aromatic nitrogens is 2. The molecule has 8 nitrogen and oxygen atoms in total. The predicted molar refractivity (Wildman–Crippen MR) is 70.5 cm³/mol. The summed E-state index contributed by atoms with van der Waals surface area (Å²) in [7, 11) is 0. The third-order valence-corrected chi connectivity index (χ3v) is 3.54. The molecule has 0 radical (unpaired) electrons. The first kappa shape index (κ1) is 12.8. The molecule has 0 amide bonds. The number of ether oxygens (including phenoxy) is 1. The van der Waals surface area contributed by atoms with Gasteiger partial charge in [0.25, 0.3) is 0 Å². The highest BCUT2D eigenvalue weighted by atomic mass is 16.6. The van der Waals surface area contributed by atoms with Gasteiger partial charge in [-0.15, -0.1) is 0 Å². The molecule has 0 aliphatic carbocycles. The van der Waals surface area contributed by atoms with Crippen molar-refractivity contribution in [3.05, 3.63) is 22.2 Å². The van der Waals surface area contributed by atoms with Crippen molar-refractivity contribution in [3.63, 3.8) is 0 Å². The van der Waals surface area contributed by atoms with Gasteiger partial charge in [0.1, 0.15) is 0 Å². The summed E-state index contributed by atoms with van der Waals surface area (Å²) in [5.41, 5.74) is 0.836. The SMILES string of the molecule is CC1(CNc2ccc([N+](=O)[O-])c3nonc23)CCCO1. The maximum absolute atomic E-state index is 10.9. The maximum atomic E-state index is 10.9. The fraction of sp³-hybridized carbons (Fsp3) is 0.500. The van der Waals surface area contributed by atoms with Crippen LogP contribution in [0, 0.1) is 10.1 Å². The quantitative estimate of drug-likeness (QED) is 0.674. The van der Waals surface area contributed by atoms with Crippen LogP contribution in [-0.4, -0.2) is 34.0 Å². The molecule has 0 spiro atoms. The molecule has 1 atom stereocenters. The Balaban J connectivity index is 1.87. The van der Waals surface area contributed by atoms with Gasteiger partial charge in [0.15, 0.2) is 5.52 Å². The van der Waals surface area contributed by atoms with Crippen molar-refractivity contribution in [1.29, 1.82) is 0 Å². The van der Waals surface area contributed by atoms with E-state index in [1.54, 1.807) is 6.07 Å². The fourth-order valence-electron chi connectivity index (χ4n) is 2.40. The zero-order valence-corrected chi connectivity index (χ0v) is 11.0. The molecule has 20 heavy (non-hydrogen) atoms. The van der Waals surface area contributed by atoms with Gasteiger partial charge in [-0.25, -0.2) is 4.63 Å². The third kappa shape index (κ3) is 2.18. The summed E-state index contributed by atoms with van der Waals surface area (Å²) >= 11 is 0. The third-order valence-electron chi connectivity index (χ3n) is 3.54. The van der Waals surface area contributed by atoms with Crippen LogP contribution in [-0.2, 0) is 4.74 Å². The number of nitrogens with one attached hydrogen (secondary N) is 1. The number of nitro groups is 1. The van der Waals surface area contributed by atoms with Crippen LogP contribution in [0.25, 0.3) is 11.0 Å². The van der Waals surface area contributed by atoms with E-state index in [9.17, 15) is 10.1 Å². The van der Waals surface area contributed by atoms with Crippen molar-refractivity contribution in [2.24, 2.45) is 0 Å². The van der Waals surface area contributed by atoms with Gasteiger partial charge in [-0.05, 0) is 36.1 Å². The Morgan fingerprint density at radius 1 is 1.45 bits per heavy atom. The molecule has 1 aliphatic rings. The number of non-ortho nitro benzene ring substituents is 1. The number of hydrogen-bond acceptors (Lipinski definition) is 7. The van der Waals surface area contributed by atoms with Crippen molar-refractivity contribution in [2.75, 3.05) is 18.5 Å². The highest BCUT2D eigenvalue weighted by molar-refractivity contribution is 5.93. The molecule has 1 fully saturated rings. The molecule has 2 heterocycles. The molecule has 0 bridgehead atoms. The summed E-state index contributed by atoms with van der Waals surface area (Å²) < 4.78 is 10.3. The topological polar surface area (TPSA) is 103 Å². The number of nitrogens with zero attached hydrogens (tertiary/aromatic N) is 3. The van der Waals surface area contributed by atoms with Crippen LogP contribution in [0.1, 0.15) is 19.8 Å². The number of hydrogen-bond donors (Lipinski definition) is 1. The van der Waals surface area contributed by atoms with Gasteiger partial charge in [-0.3, -0.25) is 10.1 Å². The predicted octanol–water partition coefficient (Wildman–Crippen LogP) is 2.11. The highest BCUT2D eigenvalue weighted by Gasteiger charge is 2.30. The molecule has 1 aliphatic heterocycles. The van der Waals surface area contributed by atoms with Gasteiger partial charge in [0.2, 0.25) is 5.52 Å². The number of benzene rings is 1. The Hall–Kier alpha value is -2.22. The largest absolute Gasteiger partial charge is 0.380 e. The lowest BCUT2D eigenvalue weighted by Crippen LogP contribution is -2.32. The van der Waals surface area contributed by atoms with E-state index >= 15 is 0 Å². The van der Waals surface area contributed by atoms with E-state index in [0.29, 0.717) is 17.7 Å². The lowest BCUT2D eigenvalue weighted by molar-refractivity contribution is -0.383. The molecule has 1 saturated heterocycles. The first-order chi connectivity index (χ1) is 9.59. The summed E-state index contributed by atoms with van der Waals surface area (Å²) in [6, 6.07) is 3.01. The van der Waals surface area contributed by atoms with E-state index in [-0.39, 0.29) is 16.8 Å². The van der Waals surface area contributed by atoms with Crippen molar-refractivity contribution in [3.8, 4) is 0 Å². The second kappa shape index (κ2) is 4.71. The summed E-state index contributed by atoms with van der Waals surface area (Å²) in [5, 5.41) is 21.4. The molecular weight excluding hydrogens is 264 g/mol. The lowest BCUT2D eigenvalue weighted by atomic mass is 10.0. The number of anilines is 1. The second-order valence-electron chi connectivity index (χ2n) is 5.11. The Morgan fingerprint density at radius 2 is 2.25 bits per heavy atom. The van der Waals surface area contributed by atoms with E-state index in [1.807, 2.05) is 6.92 Å². The molecule has 1 N–H and O–H groups in total. The number of rotatable bonds is 4. The molecule has 0 saturated carbocycles. The molecule has 1 aromatic heterocycles. The summed E-state index contributed by atoms with van der Waals surface area (Å²) in [6.07, 6.45) is 2.02. The lowest BCUT2D eigenvalue weighted by Gasteiger charge is -2.23. The van der Waals surface area contributed by atoms with Crippen LogP contribution < -0.4 is 5.32 Å². The van der Waals surface area contributed by atoms with Gasteiger partial charge >= 0.3 is 5.69 Å². The molecular formula is C12H14N4O4. The standard InChI is InChI=1S/C12H14N4O4/c1-12(5-2-6-19-12)7-13-8-3-4-9(16(17)18)11-10(8)14-20-15-11/h3-4,13H,2,5-7H2,1H3. The normalized spacial score (nSPS) is 22.2. The van der Waals surface area contributed by atoms with E-state index in [2.05, 4.69) is 20.3 Å². The minimum Gasteiger partial charge on any atom is -0.380 e. The van der Waals surface area contributed by atoms with Crippen LogP contribution in [0.15, 0.2) is 16.8 Å². The molecule has 1 unspecified atom stereocenters. The van der Waals surface area contributed by atoms with Crippen LogP contribution in [0.3, 0.4) is 0 Å². The zero-order valence-electron chi connectivity index (χ0n) is 11.0. The Morgan fingerprint density at radius 3 is 2.95 bits per heavy atom. The molecule has 8 heteroatoms. The van der Waals surface area contributed by atoms with E-state index in [0.717, 1.165) is 19.4 Å². The number of fused-ring (bicyclic) bond motifs is 1. The van der Waals surface area contributed by atoms with Gasteiger partial charge in [-0.1, -0.05) is 0 Å². The van der Waals surface area contributed by atoms with E-state index in [1.165, 1.54) is 6.07 Å². The van der Waals surface area contributed by atoms with E-state index < -0.39 is 4.92 Å². The Labute approximate surface area is 114 Å². The zero-order chi connectivity index (χ0) is 14.2. The van der Waals surface area contributed by atoms with Crippen molar-refractivity contribution in [1.82, 2.24) is 10.3 Å². The molecule has 1 aromatic carbocycles. The average molecular weight is 278 g/mol. The second-order valence-corrected chi connectivity index (χ2v) is 5.11. The van der Waals surface area contributed by atoms with Crippen LogP contribution in [0.4, 0.5) is 11.4 Å². The van der Waals surface area contributed by atoms with Gasteiger partial charge in [0.05, 0.1) is 16.2 Å². The van der Waals surface area contributed by atoms with Crippen molar-refractivity contribution in [2.45, 2.75) is 25.4 Å². The average Bonchev–Trinajstić information content (AvgIpc) is 3.05. The van der Waals surface area contributed by atoms with E-state index in [4.69, 9.17) is 4.74 Å². The summed E-state index contributed by atoms with van der Waals surface area (Å²) in [5.74, 6) is 0. The van der Waals surface area contributed by atoms with Crippen molar-refractivity contribution < 1.29 is 14.3 Å². The molecule has 2 aromatic rings. The minimum absolute atomic E-state index is 0.116. The monoisotopic (exact) mass is 278 g/mol. The Bertz CT molecular complexity index is 648. The minimum atomic E-state index is -0.502. The Kier molecular flexibility index (Phi) is 3.01. The summed E-state index contributed by atoms with van der Waals surface area (Å²) in [4.78, 5) is 10.4. The maximum Gasteiger partial charge on any atom is 0.300 e.